The highest BCUT2D eigenvalue weighted by Gasteiger charge is 2.20. The lowest BCUT2D eigenvalue weighted by molar-refractivity contribution is 0.166. The van der Waals surface area contributed by atoms with Crippen LogP contribution in [-0.4, -0.2) is 38.2 Å². The van der Waals surface area contributed by atoms with Crippen LogP contribution in [-0.2, 0) is 6.54 Å². The molecule has 0 bridgehead atoms. The van der Waals surface area contributed by atoms with Crippen LogP contribution in [0.3, 0.4) is 0 Å². The number of hydrogen-bond acceptors (Lipinski definition) is 3. The van der Waals surface area contributed by atoms with E-state index in [1.165, 1.54) is 37.9 Å². The van der Waals surface area contributed by atoms with Gasteiger partial charge in [-0.05, 0) is 69.9 Å². The molecule has 0 radical (unpaired) electrons. The number of nitrogens with zero attached hydrogens (tertiary/aromatic N) is 1. The lowest BCUT2D eigenvalue weighted by Crippen LogP contribution is -2.35. The first-order chi connectivity index (χ1) is 9.71. The second-order valence-electron chi connectivity index (χ2n) is 5.99. The first-order valence-corrected chi connectivity index (χ1v) is 7.73. The van der Waals surface area contributed by atoms with Crippen molar-refractivity contribution in [3.05, 3.63) is 29.8 Å². The van der Waals surface area contributed by atoms with Gasteiger partial charge in [-0.25, -0.2) is 0 Å². The predicted molar refractivity (Wildman–Crippen MR) is 84.1 cm³/mol. The molecule has 1 aliphatic rings. The Labute approximate surface area is 123 Å². The Hall–Kier alpha value is -1.06. The summed E-state index contributed by atoms with van der Waals surface area (Å²) in [6.45, 7) is 5.81. The first kappa shape index (κ1) is 15.3. The maximum absolute atomic E-state index is 5.20. The van der Waals surface area contributed by atoms with Crippen LogP contribution in [0.4, 0.5) is 0 Å². The zero-order chi connectivity index (χ0) is 14.4. The standard InChI is InChI=1S/C17H28N2O/c1-14(18-2)12-15-8-10-19(11-9-15)13-16-4-6-17(20-3)7-5-16/h4-7,14-15,18H,8-13H2,1-3H3. The van der Waals surface area contributed by atoms with E-state index in [0.717, 1.165) is 18.2 Å². The van der Waals surface area contributed by atoms with Gasteiger partial charge in [0.2, 0.25) is 0 Å². The normalized spacial score (nSPS) is 18.9. The zero-order valence-electron chi connectivity index (χ0n) is 13.1. The molecule has 1 N–H and O–H groups in total. The van der Waals surface area contributed by atoms with Gasteiger partial charge in [-0.3, -0.25) is 4.90 Å². The highest BCUT2D eigenvalue weighted by atomic mass is 16.5. The number of hydrogen-bond donors (Lipinski definition) is 1. The second-order valence-corrected chi connectivity index (χ2v) is 5.99. The fourth-order valence-corrected chi connectivity index (χ4v) is 2.99. The Morgan fingerprint density at radius 2 is 1.90 bits per heavy atom. The van der Waals surface area contributed by atoms with Gasteiger partial charge in [-0.2, -0.15) is 0 Å². The summed E-state index contributed by atoms with van der Waals surface area (Å²) in [6.07, 6.45) is 3.98. The number of nitrogens with one attached hydrogen (secondary N) is 1. The fourth-order valence-electron chi connectivity index (χ4n) is 2.99. The minimum absolute atomic E-state index is 0.646. The van der Waals surface area contributed by atoms with Crippen LogP contribution in [0.25, 0.3) is 0 Å². The SMILES string of the molecule is CNC(C)CC1CCN(Cc2ccc(OC)cc2)CC1. The molecule has 1 atom stereocenters. The summed E-state index contributed by atoms with van der Waals surface area (Å²) in [6, 6.07) is 9.10. The molecule has 1 heterocycles. The number of ether oxygens (including phenoxy) is 1. The summed E-state index contributed by atoms with van der Waals surface area (Å²) >= 11 is 0. The monoisotopic (exact) mass is 276 g/mol. The van der Waals surface area contributed by atoms with E-state index in [-0.39, 0.29) is 0 Å². The minimum atomic E-state index is 0.646. The van der Waals surface area contributed by atoms with E-state index in [0.29, 0.717) is 6.04 Å². The van der Waals surface area contributed by atoms with Gasteiger partial charge in [0.05, 0.1) is 7.11 Å². The van der Waals surface area contributed by atoms with Crippen LogP contribution in [0.2, 0.25) is 0 Å². The Morgan fingerprint density at radius 1 is 1.25 bits per heavy atom. The molecule has 0 aliphatic carbocycles. The number of piperidine rings is 1. The third-order valence-electron chi connectivity index (χ3n) is 4.45. The molecule has 1 aliphatic heterocycles. The maximum atomic E-state index is 5.20. The fraction of sp³-hybridized carbons (Fsp3) is 0.647. The molecule has 0 amide bonds. The highest BCUT2D eigenvalue weighted by molar-refractivity contribution is 5.27. The van der Waals surface area contributed by atoms with Crippen molar-refractivity contribution in [3.8, 4) is 5.75 Å². The molecule has 3 heteroatoms. The third-order valence-corrected chi connectivity index (χ3v) is 4.45. The van der Waals surface area contributed by atoms with Crippen molar-refractivity contribution in [3.63, 3.8) is 0 Å². The van der Waals surface area contributed by atoms with E-state index < -0.39 is 0 Å². The van der Waals surface area contributed by atoms with E-state index in [4.69, 9.17) is 4.74 Å². The van der Waals surface area contributed by atoms with Gasteiger partial charge in [0.25, 0.3) is 0 Å². The van der Waals surface area contributed by atoms with Crippen LogP contribution in [0.5, 0.6) is 5.75 Å². The maximum Gasteiger partial charge on any atom is 0.118 e. The number of benzene rings is 1. The van der Waals surface area contributed by atoms with Crippen LogP contribution in [0.1, 0.15) is 31.7 Å². The van der Waals surface area contributed by atoms with Crippen LogP contribution >= 0.6 is 0 Å². The molecule has 1 saturated heterocycles. The Kier molecular flexibility index (Phi) is 5.86. The van der Waals surface area contributed by atoms with E-state index in [1.807, 2.05) is 0 Å². The first-order valence-electron chi connectivity index (χ1n) is 7.73. The summed E-state index contributed by atoms with van der Waals surface area (Å²) in [7, 11) is 3.77. The molecule has 1 aromatic rings. The van der Waals surface area contributed by atoms with Crippen molar-refractivity contribution >= 4 is 0 Å². The molecule has 0 spiro atoms. The predicted octanol–water partition coefficient (Wildman–Crippen LogP) is 2.91. The van der Waals surface area contributed by atoms with E-state index in [2.05, 4.69) is 48.5 Å². The van der Waals surface area contributed by atoms with Crippen LogP contribution in [0.15, 0.2) is 24.3 Å². The number of likely N-dealkylation sites (tertiary alicyclic amines) is 1. The second kappa shape index (κ2) is 7.65. The molecule has 1 unspecified atom stereocenters. The molecule has 112 valence electrons. The number of rotatable bonds is 6. The molecular weight excluding hydrogens is 248 g/mol. The lowest BCUT2D eigenvalue weighted by Gasteiger charge is -2.33. The van der Waals surface area contributed by atoms with Gasteiger partial charge in [0.15, 0.2) is 0 Å². The average molecular weight is 276 g/mol. The molecule has 2 rings (SSSR count). The van der Waals surface area contributed by atoms with Crippen molar-refractivity contribution in [2.45, 2.75) is 38.8 Å². The number of methoxy groups -OCH3 is 1. The summed E-state index contributed by atoms with van der Waals surface area (Å²) < 4.78 is 5.20. The molecular formula is C17H28N2O. The minimum Gasteiger partial charge on any atom is -0.497 e. The lowest BCUT2D eigenvalue weighted by atomic mass is 9.90. The Bertz CT molecular complexity index is 382. The van der Waals surface area contributed by atoms with Crippen molar-refractivity contribution in [1.82, 2.24) is 10.2 Å². The van der Waals surface area contributed by atoms with Gasteiger partial charge < -0.3 is 10.1 Å². The molecule has 0 saturated carbocycles. The quantitative estimate of drug-likeness (QED) is 0.864. The summed E-state index contributed by atoms with van der Waals surface area (Å²) in [4.78, 5) is 2.57. The third kappa shape index (κ3) is 4.50. The van der Waals surface area contributed by atoms with Crippen molar-refractivity contribution in [2.24, 2.45) is 5.92 Å². The molecule has 1 fully saturated rings. The summed E-state index contributed by atoms with van der Waals surface area (Å²) in [5, 5.41) is 3.35. The molecule has 0 aromatic heterocycles. The summed E-state index contributed by atoms with van der Waals surface area (Å²) in [5.41, 5.74) is 1.38. The van der Waals surface area contributed by atoms with Gasteiger partial charge in [-0.1, -0.05) is 12.1 Å². The largest absolute Gasteiger partial charge is 0.497 e. The van der Waals surface area contributed by atoms with Crippen molar-refractivity contribution in [1.29, 1.82) is 0 Å². The van der Waals surface area contributed by atoms with E-state index >= 15 is 0 Å². The van der Waals surface area contributed by atoms with Crippen LogP contribution in [0, 0.1) is 5.92 Å². The van der Waals surface area contributed by atoms with E-state index in [1.54, 1.807) is 7.11 Å². The topological polar surface area (TPSA) is 24.5 Å². The Morgan fingerprint density at radius 3 is 2.45 bits per heavy atom. The van der Waals surface area contributed by atoms with Gasteiger partial charge in [-0.15, -0.1) is 0 Å². The van der Waals surface area contributed by atoms with Crippen molar-refractivity contribution in [2.75, 3.05) is 27.2 Å². The highest BCUT2D eigenvalue weighted by Crippen LogP contribution is 2.23. The van der Waals surface area contributed by atoms with Gasteiger partial charge in [0.1, 0.15) is 5.75 Å². The van der Waals surface area contributed by atoms with E-state index in [9.17, 15) is 0 Å². The summed E-state index contributed by atoms with van der Waals surface area (Å²) in [5.74, 6) is 1.83. The molecule has 3 nitrogen and oxygen atoms in total. The zero-order valence-corrected chi connectivity index (χ0v) is 13.1. The smallest absolute Gasteiger partial charge is 0.118 e. The molecule has 1 aromatic carbocycles. The Balaban J connectivity index is 1.76. The van der Waals surface area contributed by atoms with Gasteiger partial charge in [0, 0.05) is 12.6 Å². The van der Waals surface area contributed by atoms with Gasteiger partial charge >= 0.3 is 0 Å². The van der Waals surface area contributed by atoms with Crippen LogP contribution < -0.4 is 10.1 Å². The molecule has 20 heavy (non-hydrogen) atoms. The average Bonchev–Trinajstić information content (AvgIpc) is 2.50. The van der Waals surface area contributed by atoms with Crippen molar-refractivity contribution < 1.29 is 4.74 Å².